The molecule has 0 aliphatic carbocycles. The Labute approximate surface area is 91.7 Å². The molecule has 1 aromatic carbocycles. The molecule has 0 saturated carbocycles. The summed E-state index contributed by atoms with van der Waals surface area (Å²) in [6.45, 7) is -0.499. The normalized spacial score (nSPS) is 13.6. The predicted molar refractivity (Wildman–Crippen MR) is 53.5 cm³/mol. The number of aliphatic hydroxyl groups is 1. The molecule has 1 N–H and O–H groups in total. The first kappa shape index (κ1) is 12.8. The molecule has 0 heterocycles. The van der Waals surface area contributed by atoms with Crippen molar-refractivity contribution in [2.75, 3.05) is 13.7 Å². The van der Waals surface area contributed by atoms with E-state index < -0.39 is 18.7 Å². The number of methoxy groups -OCH3 is 1. The monoisotopic (exact) mass is 234 g/mol. The zero-order chi connectivity index (χ0) is 12.2. The maximum atomic E-state index is 12.7. The molecule has 0 spiro atoms. The fourth-order valence-electron chi connectivity index (χ4n) is 1.51. The summed E-state index contributed by atoms with van der Waals surface area (Å²) in [4.78, 5) is 0. The van der Waals surface area contributed by atoms with Crippen LogP contribution in [0.2, 0.25) is 0 Å². The Morgan fingerprint density at radius 1 is 1.38 bits per heavy atom. The van der Waals surface area contributed by atoms with Crippen LogP contribution in [0.4, 0.5) is 13.2 Å². The van der Waals surface area contributed by atoms with Crippen molar-refractivity contribution in [2.24, 2.45) is 0 Å². The summed E-state index contributed by atoms with van der Waals surface area (Å²) in [7, 11) is 1.40. The molecule has 1 rings (SSSR count). The van der Waals surface area contributed by atoms with Gasteiger partial charge in [0.25, 0.3) is 0 Å². The van der Waals surface area contributed by atoms with Crippen LogP contribution in [-0.2, 0) is 0 Å². The average molecular weight is 234 g/mol. The third-order valence-electron chi connectivity index (χ3n) is 2.31. The van der Waals surface area contributed by atoms with Gasteiger partial charge < -0.3 is 9.84 Å². The lowest BCUT2D eigenvalue weighted by atomic mass is 9.95. The van der Waals surface area contributed by atoms with Gasteiger partial charge in [-0.15, -0.1) is 0 Å². The van der Waals surface area contributed by atoms with E-state index in [9.17, 15) is 13.2 Å². The molecule has 0 aliphatic rings. The molecule has 90 valence electrons. The van der Waals surface area contributed by atoms with E-state index in [2.05, 4.69) is 0 Å². The van der Waals surface area contributed by atoms with Crippen molar-refractivity contribution in [3.63, 3.8) is 0 Å². The number of benzene rings is 1. The predicted octanol–water partition coefficient (Wildman–Crippen LogP) is 2.72. The van der Waals surface area contributed by atoms with E-state index in [1.54, 1.807) is 6.07 Å². The number of aliphatic hydroxyl groups excluding tert-OH is 1. The second-order valence-electron chi connectivity index (χ2n) is 3.38. The van der Waals surface area contributed by atoms with Gasteiger partial charge in [-0.25, -0.2) is 0 Å². The zero-order valence-corrected chi connectivity index (χ0v) is 8.79. The molecule has 1 aromatic rings. The molecular weight excluding hydrogens is 221 g/mol. The number of rotatable bonds is 4. The van der Waals surface area contributed by atoms with Gasteiger partial charge in [0.05, 0.1) is 13.0 Å². The van der Waals surface area contributed by atoms with E-state index in [0.29, 0.717) is 5.75 Å². The maximum Gasteiger partial charge on any atom is 0.395 e. The highest BCUT2D eigenvalue weighted by Gasteiger charge is 2.40. The molecule has 0 bridgehead atoms. The molecule has 0 fully saturated rings. The molecule has 1 atom stereocenters. The topological polar surface area (TPSA) is 29.5 Å². The average Bonchev–Trinajstić information content (AvgIpc) is 2.24. The second kappa shape index (κ2) is 5.21. The number of hydrogen-bond acceptors (Lipinski definition) is 2. The highest BCUT2D eigenvalue weighted by Crippen LogP contribution is 2.38. The summed E-state index contributed by atoms with van der Waals surface area (Å²) in [6.07, 6.45) is -4.69. The highest BCUT2D eigenvalue weighted by molar-refractivity contribution is 5.31. The molecular formula is C11H13F3O2. The molecule has 0 aliphatic heterocycles. The van der Waals surface area contributed by atoms with E-state index in [0.717, 1.165) is 0 Å². The van der Waals surface area contributed by atoms with Crippen LogP contribution in [0.25, 0.3) is 0 Å². The van der Waals surface area contributed by atoms with Gasteiger partial charge in [-0.1, -0.05) is 12.1 Å². The lowest BCUT2D eigenvalue weighted by Gasteiger charge is -2.20. The van der Waals surface area contributed by atoms with E-state index in [1.807, 2.05) is 0 Å². The summed E-state index contributed by atoms with van der Waals surface area (Å²) in [5.41, 5.74) is 0.112. The molecule has 5 heteroatoms. The minimum Gasteiger partial charge on any atom is -0.497 e. The summed E-state index contributed by atoms with van der Waals surface area (Å²) < 4.78 is 42.9. The number of alkyl halides is 3. The van der Waals surface area contributed by atoms with Crippen LogP contribution in [0.3, 0.4) is 0 Å². The summed E-state index contributed by atoms with van der Waals surface area (Å²) in [5.74, 6) is -1.27. The van der Waals surface area contributed by atoms with Crippen molar-refractivity contribution >= 4 is 0 Å². The van der Waals surface area contributed by atoms with E-state index in [4.69, 9.17) is 9.84 Å². The van der Waals surface area contributed by atoms with E-state index in [1.165, 1.54) is 25.3 Å². The first-order valence-corrected chi connectivity index (χ1v) is 4.80. The maximum absolute atomic E-state index is 12.7. The van der Waals surface area contributed by atoms with Crippen LogP contribution in [0, 0.1) is 0 Å². The van der Waals surface area contributed by atoms with Crippen LogP contribution in [0.5, 0.6) is 5.75 Å². The van der Waals surface area contributed by atoms with Gasteiger partial charge in [-0.05, 0) is 24.1 Å². The molecule has 1 unspecified atom stereocenters. The Bertz CT molecular complexity index is 336. The van der Waals surface area contributed by atoms with Gasteiger partial charge in [0.2, 0.25) is 0 Å². The lowest BCUT2D eigenvalue weighted by molar-refractivity contribution is -0.153. The fraction of sp³-hybridized carbons (Fsp3) is 0.455. The number of ether oxygens (including phenoxy) is 1. The first-order chi connectivity index (χ1) is 7.49. The third kappa shape index (κ3) is 3.13. The van der Waals surface area contributed by atoms with Crippen molar-refractivity contribution in [1.29, 1.82) is 0 Å². The van der Waals surface area contributed by atoms with Crippen LogP contribution in [0.1, 0.15) is 17.9 Å². The Kier molecular flexibility index (Phi) is 4.18. The molecule has 0 amide bonds. The SMILES string of the molecule is COc1cccc(C(CCO)C(F)(F)F)c1. The number of hydrogen-bond donors (Lipinski definition) is 1. The van der Waals surface area contributed by atoms with Crippen molar-refractivity contribution in [3.8, 4) is 5.75 Å². The molecule has 0 radical (unpaired) electrons. The molecule has 0 saturated heterocycles. The quantitative estimate of drug-likeness (QED) is 0.867. The third-order valence-corrected chi connectivity index (χ3v) is 2.31. The summed E-state index contributed by atoms with van der Waals surface area (Å²) >= 11 is 0. The first-order valence-electron chi connectivity index (χ1n) is 4.80. The molecule has 2 nitrogen and oxygen atoms in total. The lowest BCUT2D eigenvalue weighted by Crippen LogP contribution is -2.21. The standard InChI is InChI=1S/C11H13F3O2/c1-16-9-4-2-3-8(7-9)10(5-6-15)11(12,13)14/h2-4,7,10,15H,5-6H2,1H3. The van der Waals surface area contributed by atoms with Crippen molar-refractivity contribution in [1.82, 2.24) is 0 Å². The van der Waals surface area contributed by atoms with E-state index in [-0.39, 0.29) is 12.0 Å². The van der Waals surface area contributed by atoms with Gasteiger partial charge in [0.1, 0.15) is 5.75 Å². The van der Waals surface area contributed by atoms with Crippen LogP contribution in [-0.4, -0.2) is 25.0 Å². The number of halogens is 3. The molecule has 0 aromatic heterocycles. The minimum absolute atomic E-state index is 0.112. The van der Waals surface area contributed by atoms with Crippen molar-refractivity contribution < 1.29 is 23.0 Å². The van der Waals surface area contributed by atoms with Gasteiger partial charge in [0.15, 0.2) is 0 Å². The van der Waals surface area contributed by atoms with Crippen LogP contribution >= 0.6 is 0 Å². The summed E-state index contributed by atoms with van der Waals surface area (Å²) in [5, 5.41) is 8.66. The fourth-order valence-corrected chi connectivity index (χ4v) is 1.51. The smallest absolute Gasteiger partial charge is 0.395 e. The zero-order valence-electron chi connectivity index (χ0n) is 8.79. The Balaban J connectivity index is 3.01. The van der Waals surface area contributed by atoms with Crippen molar-refractivity contribution in [2.45, 2.75) is 18.5 Å². The van der Waals surface area contributed by atoms with Crippen LogP contribution in [0.15, 0.2) is 24.3 Å². The van der Waals surface area contributed by atoms with Gasteiger partial charge in [-0.3, -0.25) is 0 Å². The Morgan fingerprint density at radius 3 is 2.56 bits per heavy atom. The second-order valence-corrected chi connectivity index (χ2v) is 3.38. The minimum atomic E-state index is -4.35. The van der Waals surface area contributed by atoms with Gasteiger partial charge in [0, 0.05) is 6.61 Å². The van der Waals surface area contributed by atoms with Gasteiger partial charge >= 0.3 is 6.18 Å². The largest absolute Gasteiger partial charge is 0.497 e. The Hall–Kier alpha value is -1.23. The highest BCUT2D eigenvalue weighted by atomic mass is 19.4. The summed E-state index contributed by atoms with van der Waals surface area (Å²) in [6, 6.07) is 5.81. The van der Waals surface area contributed by atoms with Gasteiger partial charge in [-0.2, -0.15) is 13.2 Å². The molecule has 16 heavy (non-hydrogen) atoms. The van der Waals surface area contributed by atoms with E-state index >= 15 is 0 Å². The van der Waals surface area contributed by atoms with Crippen LogP contribution < -0.4 is 4.74 Å². The Morgan fingerprint density at radius 2 is 2.06 bits per heavy atom. The van der Waals surface area contributed by atoms with Crippen molar-refractivity contribution in [3.05, 3.63) is 29.8 Å².